The highest BCUT2D eigenvalue weighted by Gasteiger charge is 2.05. The second-order valence-electron chi connectivity index (χ2n) is 5.22. The molecule has 0 atom stereocenters. The van der Waals surface area contributed by atoms with Crippen molar-refractivity contribution in [3.63, 3.8) is 0 Å². The Bertz CT molecular complexity index is 826. The molecule has 6 heteroatoms. The Hall–Kier alpha value is -2.79. The maximum atomic E-state index is 12.1. The van der Waals surface area contributed by atoms with Gasteiger partial charge in [0.2, 0.25) is 5.91 Å². The predicted octanol–water partition coefficient (Wildman–Crippen LogP) is 3.72. The third kappa shape index (κ3) is 3.94. The van der Waals surface area contributed by atoms with Gasteiger partial charge in [-0.3, -0.25) is 4.79 Å². The minimum absolute atomic E-state index is 0.0740. The van der Waals surface area contributed by atoms with Crippen molar-refractivity contribution in [3.05, 3.63) is 71.5 Å². The summed E-state index contributed by atoms with van der Waals surface area (Å²) in [6.07, 6.45) is 3.60. The molecule has 122 valence electrons. The molecule has 3 aromatic rings. The molecule has 5 nitrogen and oxygen atoms in total. The van der Waals surface area contributed by atoms with E-state index in [9.17, 15) is 4.79 Å². The molecular formula is C18H16ClN3O2. The zero-order valence-electron chi connectivity index (χ0n) is 13.1. The summed E-state index contributed by atoms with van der Waals surface area (Å²) in [5.74, 6) is 0.698. The smallest absolute Gasteiger partial charge is 0.228 e. The first-order valence-electron chi connectivity index (χ1n) is 7.37. The first kappa shape index (κ1) is 16.1. The third-order valence-corrected chi connectivity index (χ3v) is 3.69. The first-order valence-corrected chi connectivity index (χ1v) is 7.75. The van der Waals surface area contributed by atoms with E-state index in [4.69, 9.17) is 16.3 Å². The van der Waals surface area contributed by atoms with E-state index in [0.29, 0.717) is 11.4 Å². The number of halogens is 1. The zero-order chi connectivity index (χ0) is 16.9. The predicted molar refractivity (Wildman–Crippen MR) is 93.9 cm³/mol. The molecule has 3 rings (SSSR count). The van der Waals surface area contributed by atoms with Crippen molar-refractivity contribution in [1.29, 1.82) is 0 Å². The van der Waals surface area contributed by atoms with Crippen LogP contribution in [0.4, 0.5) is 5.69 Å². The van der Waals surface area contributed by atoms with Crippen molar-refractivity contribution < 1.29 is 9.53 Å². The molecule has 0 spiro atoms. The Labute approximate surface area is 144 Å². The molecule has 0 saturated carbocycles. The highest BCUT2D eigenvalue weighted by Crippen LogP contribution is 2.16. The molecule has 24 heavy (non-hydrogen) atoms. The number of nitrogens with one attached hydrogen (secondary N) is 1. The lowest BCUT2D eigenvalue weighted by molar-refractivity contribution is -0.115. The van der Waals surface area contributed by atoms with Crippen LogP contribution in [0.1, 0.15) is 5.56 Å². The maximum absolute atomic E-state index is 12.1. The molecule has 2 aromatic carbocycles. The fourth-order valence-corrected chi connectivity index (χ4v) is 2.41. The van der Waals surface area contributed by atoms with Crippen LogP contribution in [-0.4, -0.2) is 22.8 Å². The van der Waals surface area contributed by atoms with Gasteiger partial charge >= 0.3 is 0 Å². The van der Waals surface area contributed by atoms with E-state index in [1.165, 1.54) is 0 Å². The number of benzene rings is 2. The molecular weight excluding hydrogens is 326 g/mol. The van der Waals surface area contributed by atoms with Crippen LogP contribution in [0.5, 0.6) is 5.75 Å². The number of carbonyl (C=O) groups is 1. The largest absolute Gasteiger partial charge is 0.497 e. The van der Waals surface area contributed by atoms with Gasteiger partial charge in [0.05, 0.1) is 30.4 Å². The lowest BCUT2D eigenvalue weighted by atomic mass is 10.1. The SMILES string of the molecule is COc1ccc(CC(=O)Nc2ccc(-n3cc(Cl)cn3)cc2)cc1. The highest BCUT2D eigenvalue weighted by atomic mass is 35.5. The van der Waals surface area contributed by atoms with Gasteiger partial charge in [-0.2, -0.15) is 5.10 Å². The lowest BCUT2D eigenvalue weighted by Gasteiger charge is -2.07. The van der Waals surface area contributed by atoms with E-state index in [2.05, 4.69) is 10.4 Å². The van der Waals surface area contributed by atoms with Crippen LogP contribution in [0.3, 0.4) is 0 Å². The fourth-order valence-electron chi connectivity index (χ4n) is 2.27. The number of methoxy groups -OCH3 is 1. The van der Waals surface area contributed by atoms with Crippen LogP contribution in [-0.2, 0) is 11.2 Å². The Morgan fingerprint density at radius 2 is 1.88 bits per heavy atom. The van der Waals surface area contributed by atoms with Crippen LogP contribution < -0.4 is 10.1 Å². The summed E-state index contributed by atoms with van der Waals surface area (Å²) >= 11 is 5.86. The number of rotatable bonds is 5. The number of carbonyl (C=O) groups excluding carboxylic acids is 1. The number of amides is 1. The second-order valence-corrected chi connectivity index (χ2v) is 5.66. The van der Waals surface area contributed by atoms with Crippen LogP contribution in [0.25, 0.3) is 5.69 Å². The standard InChI is InChI=1S/C18H16ClN3O2/c1-24-17-8-2-13(3-9-17)10-18(23)21-15-4-6-16(7-5-15)22-12-14(19)11-20-22/h2-9,11-12H,10H2,1H3,(H,21,23). The number of hydrogen-bond acceptors (Lipinski definition) is 3. The van der Waals surface area contributed by atoms with Gasteiger partial charge in [0.1, 0.15) is 5.75 Å². The van der Waals surface area contributed by atoms with Crippen molar-refractivity contribution >= 4 is 23.2 Å². The van der Waals surface area contributed by atoms with Gasteiger partial charge in [-0.15, -0.1) is 0 Å². The molecule has 0 bridgehead atoms. The second kappa shape index (κ2) is 7.19. The molecule has 1 heterocycles. The Kier molecular flexibility index (Phi) is 4.82. The van der Waals surface area contributed by atoms with Crippen LogP contribution >= 0.6 is 11.6 Å². The summed E-state index contributed by atoms with van der Waals surface area (Å²) < 4.78 is 6.77. The molecule has 0 aliphatic carbocycles. The Morgan fingerprint density at radius 3 is 2.46 bits per heavy atom. The molecule has 0 saturated heterocycles. The van der Waals surface area contributed by atoms with Gasteiger partial charge < -0.3 is 10.1 Å². The van der Waals surface area contributed by atoms with Gasteiger partial charge in [0, 0.05) is 11.9 Å². The van der Waals surface area contributed by atoms with Gasteiger partial charge in [-0.25, -0.2) is 4.68 Å². The van der Waals surface area contributed by atoms with Crippen LogP contribution in [0.2, 0.25) is 5.02 Å². The lowest BCUT2D eigenvalue weighted by Crippen LogP contribution is -2.14. The maximum Gasteiger partial charge on any atom is 0.228 e. The minimum atomic E-state index is -0.0740. The number of anilines is 1. The highest BCUT2D eigenvalue weighted by molar-refractivity contribution is 6.30. The number of hydrogen-bond donors (Lipinski definition) is 1. The number of aromatic nitrogens is 2. The average Bonchev–Trinajstić information content (AvgIpc) is 3.02. The van der Waals surface area contributed by atoms with E-state index in [1.54, 1.807) is 24.2 Å². The van der Waals surface area contributed by atoms with Crippen molar-refractivity contribution in [2.45, 2.75) is 6.42 Å². The van der Waals surface area contributed by atoms with E-state index in [0.717, 1.165) is 22.7 Å². The van der Waals surface area contributed by atoms with Crippen molar-refractivity contribution in [2.24, 2.45) is 0 Å². The zero-order valence-corrected chi connectivity index (χ0v) is 13.8. The summed E-state index contributed by atoms with van der Waals surface area (Å²) in [5.41, 5.74) is 2.53. The van der Waals surface area contributed by atoms with Crippen LogP contribution in [0.15, 0.2) is 60.9 Å². The van der Waals surface area contributed by atoms with Crippen molar-refractivity contribution in [3.8, 4) is 11.4 Å². The van der Waals surface area contributed by atoms with E-state index < -0.39 is 0 Å². The summed E-state index contributed by atoms with van der Waals surface area (Å²) in [6, 6.07) is 14.8. The average molecular weight is 342 g/mol. The minimum Gasteiger partial charge on any atom is -0.497 e. The summed E-state index contributed by atoms with van der Waals surface area (Å²) in [6.45, 7) is 0. The Morgan fingerprint density at radius 1 is 1.17 bits per heavy atom. The number of nitrogens with zero attached hydrogens (tertiary/aromatic N) is 2. The normalized spacial score (nSPS) is 10.4. The number of ether oxygens (including phenoxy) is 1. The quantitative estimate of drug-likeness (QED) is 0.769. The fraction of sp³-hybridized carbons (Fsp3) is 0.111. The van der Waals surface area contributed by atoms with Gasteiger partial charge in [0.15, 0.2) is 0 Å². The van der Waals surface area contributed by atoms with Crippen molar-refractivity contribution in [2.75, 3.05) is 12.4 Å². The molecule has 0 radical (unpaired) electrons. The van der Waals surface area contributed by atoms with E-state index >= 15 is 0 Å². The molecule has 1 N–H and O–H groups in total. The topological polar surface area (TPSA) is 56.1 Å². The molecule has 1 amide bonds. The van der Waals surface area contributed by atoms with Crippen LogP contribution in [0, 0.1) is 0 Å². The summed E-state index contributed by atoms with van der Waals surface area (Å²) in [4.78, 5) is 12.1. The third-order valence-electron chi connectivity index (χ3n) is 3.49. The molecule has 0 aliphatic heterocycles. The monoisotopic (exact) mass is 341 g/mol. The van der Waals surface area contributed by atoms with E-state index in [1.807, 2.05) is 48.5 Å². The van der Waals surface area contributed by atoms with Gasteiger partial charge in [-0.05, 0) is 42.0 Å². The summed E-state index contributed by atoms with van der Waals surface area (Å²) in [5, 5.41) is 7.59. The van der Waals surface area contributed by atoms with E-state index in [-0.39, 0.29) is 5.91 Å². The first-order chi connectivity index (χ1) is 11.6. The Balaban J connectivity index is 1.61. The van der Waals surface area contributed by atoms with Gasteiger partial charge in [0.25, 0.3) is 0 Å². The molecule has 0 fully saturated rings. The summed E-state index contributed by atoms with van der Waals surface area (Å²) in [7, 11) is 1.61. The molecule has 1 aromatic heterocycles. The molecule has 0 unspecified atom stereocenters. The van der Waals surface area contributed by atoms with Crippen molar-refractivity contribution in [1.82, 2.24) is 9.78 Å². The van der Waals surface area contributed by atoms with Gasteiger partial charge in [-0.1, -0.05) is 23.7 Å². The molecule has 0 aliphatic rings.